The molecule has 0 aliphatic heterocycles. The molecule has 1 rings (SSSR count). The van der Waals surface area contributed by atoms with Crippen molar-refractivity contribution in [3.05, 3.63) is 22.8 Å². The highest BCUT2D eigenvalue weighted by molar-refractivity contribution is 6.31. The zero-order valence-corrected chi connectivity index (χ0v) is 9.96. The van der Waals surface area contributed by atoms with Gasteiger partial charge in [-0.15, -0.1) is 0 Å². The van der Waals surface area contributed by atoms with Gasteiger partial charge in [-0.1, -0.05) is 11.6 Å². The maximum atomic E-state index is 5.96. The molecule has 3 N–H and O–H groups in total. The summed E-state index contributed by atoms with van der Waals surface area (Å²) in [5.41, 5.74) is 3.14. The average molecular weight is 246 g/mol. The molecule has 0 unspecified atom stereocenters. The first-order valence-electron chi connectivity index (χ1n) is 4.96. The van der Waals surface area contributed by atoms with Crippen LogP contribution in [-0.4, -0.2) is 25.3 Å². The molecule has 1 aromatic rings. The van der Waals surface area contributed by atoms with Crippen LogP contribution in [0.5, 0.6) is 0 Å². The van der Waals surface area contributed by atoms with Gasteiger partial charge < -0.3 is 14.9 Å². The molecule has 0 saturated carbocycles. The Hall–Kier alpha value is -0.880. The maximum absolute atomic E-state index is 5.96. The second-order valence-electron chi connectivity index (χ2n) is 3.17. The van der Waals surface area contributed by atoms with Crippen molar-refractivity contribution in [1.82, 2.24) is 4.98 Å². The molecule has 90 valence electrons. The Morgan fingerprint density at radius 3 is 2.94 bits per heavy atom. The molecule has 0 radical (unpaired) electrons. The molecule has 0 amide bonds. The van der Waals surface area contributed by atoms with Gasteiger partial charge in [0.1, 0.15) is 5.82 Å². The zero-order chi connectivity index (χ0) is 11.8. The van der Waals surface area contributed by atoms with Gasteiger partial charge in [-0.3, -0.25) is 0 Å². The summed E-state index contributed by atoms with van der Waals surface area (Å²) in [7, 11) is 1.66. The van der Waals surface area contributed by atoms with E-state index in [-0.39, 0.29) is 0 Å². The molecule has 0 saturated heterocycles. The van der Waals surface area contributed by atoms with E-state index in [0.717, 1.165) is 6.42 Å². The Morgan fingerprint density at radius 2 is 2.25 bits per heavy atom. The number of hydrazine groups is 1. The number of nitrogen functional groups attached to an aromatic ring is 1. The number of ether oxygens (including phenoxy) is 2. The Morgan fingerprint density at radius 1 is 1.44 bits per heavy atom. The number of rotatable bonds is 7. The number of hydrogen-bond acceptors (Lipinski definition) is 5. The van der Waals surface area contributed by atoms with Crippen LogP contribution in [0.3, 0.4) is 0 Å². The minimum Gasteiger partial charge on any atom is -0.385 e. The van der Waals surface area contributed by atoms with Crippen LogP contribution < -0.4 is 11.3 Å². The molecular weight excluding hydrogens is 230 g/mol. The molecule has 1 heterocycles. The lowest BCUT2D eigenvalue weighted by molar-refractivity contribution is 0.0911. The summed E-state index contributed by atoms with van der Waals surface area (Å²) in [5, 5.41) is 0.575. The van der Waals surface area contributed by atoms with Crippen LogP contribution >= 0.6 is 11.6 Å². The number of anilines is 1. The molecule has 16 heavy (non-hydrogen) atoms. The Balaban J connectivity index is 2.40. The molecule has 1 aromatic heterocycles. The van der Waals surface area contributed by atoms with E-state index in [1.807, 2.05) is 0 Å². The highest BCUT2D eigenvalue weighted by Gasteiger charge is 2.03. The first-order chi connectivity index (χ1) is 7.77. The van der Waals surface area contributed by atoms with Gasteiger partial charge in [0.05, 0.1) is 17.3 Å². The molecule has 0 aliphatic carbocycles. The van der Waals surface area contributed by atoms with Crippen LogP contribution in [0.25, 0.3) is 0 Å². The SMILES string of the molecule is COCCCOCc1nc(NN)ccc1Cl. The number of pyridine rings is 1. The van der Waals surface area contributed by atoms with E-state index in [9.17, 15) is 0 Å². The van der Waals surface area contributed by atoms with Crippen LogP contribution in [0.4, 0.5) is 5.82 Å². The summed E-state index contributed by atoms with van der Waals surface area (Å²) in [6.45, 7) is 1.68. The smallest absolute Gasteiger partial charge is 0.140 e. The van der Waals surface area contributed by atoms with Crippen molar-refractivity contribution in [3.63, 3.8) is 0 Å². The van der Waals surface area contributed by atoms with Crippen molar-refractivity contribution in [2.75, 3.05) is 25.7 Å². The highest BCUT2D eigenvalue weighted by Crippen LogP contribution is 2.16. The van der Waals surface area contributed by atoms with Crippen LogP contribution in [0.2, 0.25) is 5.02 Å². The van der Waals surface area contributed by atoms with E-state index in [4.69, 9.17) is 26.9 Å². The molecule has 5 nitrogen and oxygen atoms in total. The predicted molar refractivity (Wildman–Crippen MR) is 63.2 cm³/mol. The molecular formula is C10H16ClN3O2. The van der Waals surface area contributed by atoms with Gasteiger partial charge in [0.15, 0.2) is 0 Å². The molecule has 0 atom stereocenters. The van der Waals surface area contributed by atoms with Crippen LogP contribution in [0.15, 0.2) is 12.1 Å². The summed E-state index contributed by atoms with van der Waals surface area (Å²) < 4.78 is 10.3. The van der Waals surface area contributed by atoms with Gasteiger partial charge in [0.25, 0.3) is 0 Å². The van der Waals surface area contributed by atoms with Crippen molar-refractivity contribution in [3.8, 4) is 0 Å². The Labute approximate surface area is 99.9 Å². The van der Waals surface area contributed by atoms with Gasteiger partial charge in [0, 0.05) is 20.3 Å². The van der Waals surface area contributed by atoms with Crippen molar-refractivity contribution in [2.45, 2.75) is 13.0 Å². The highest BCUT2D eigenvalue weighted by atomic mass is 35.5. The largest absolute Gasteiger partial charge is 0.385 e. The standard InChI is InChI=1S/C10H16ClN3O2/c1-15-5-2-6-16-7-9-8(11)3-4-10(13-9)14-12/h3-4H,2,5-7,12H2,1H3,(H,13,14). The number of methoxy groups -OCH3 is 1. The predicted octanol–water partition coefficient (Wildman–Crippen LogP) is 1.57. The summed E-state index contributed by atoms with van der Waals surface area (Å²) in [4.78, 5) is 4.18. The van der Waals surface area contributed by atoms with E-state index in [1.165, 1.54) is 0 Å². The van der Waals surface area contributed by atoms with E-state index < -0.39 is 0 Å². The van der Waals surface area contributed by atoms with Gasteiger partial charge in [-0.05, 0) is 18.6 Å². The number of hydrogen-bond donors (Lipinski definition) is 2. The van der Waals surface area contributed by atoms with Crippen molar-refractivity contribution >= 4 is 17.4 Å². The fraction of sp³-hybridized carbons (Fsp3) is 0.500. The summed E-state index contributed by atoms with van der Waals surface area (Å²) in [6, 6.07) is 3.44. The summed E-state index contributed by atoms with van der Waals surface area (Å²) in [5.74, 6) is 5.82. The van der Waals surface area contributed by atoms with Crippen LogP contribution in [-0.2, 0) is 16.1 Å². The minimum absolute atomic E-state index is 0.373. The van der Waals surface area contributed by atoms with Gasteiger partial charge in [-0.25, -0.2) is 10.8 Å². The molecule has 0 aliphatic rings. The minimum atomic E-state index is 0.373. The topological polar surface area (TPSA) is 69.4 Å². The van der Waals surface area contributed by atoms with E-state index in [0.29, 0.717) is 36.4 Å². The number of nitrogens with zero attached hydrogens (tertiary/aromatic N) is 1. The average Bonchev–Trinajstić information content (AvgIpc) is 2.31. The number of halogens is 1. The monoisotopic (exact) mass is 245 g/mol. The lowest BCUT2D eigenvalue weighted by Crippen LogP contribution is -2.10. The second kappa shape index (κ2) is 7.40. The van der Waals surface area contributed by atoms with Gasteiger partial charge >= 0.3 is 0 Å². The summed E-state index contributed by atoms with van der Waals surface area (Å²) >= 11 is 5.96. The van der Waals surface area contributed by atoms with Crippen LogP contribution in [0, 0.1) is 0 Å². The van der Waals surface area contributed by atoms with E-state index in [2.05, 4.69) is 10.4 Å². The van der Waals surface area contributed by atoms with E-state index in [1.54, 1.807) is 19.2 Å². The van der Waals surface area contributed by atoms with Crippen molar-refractivity contribution in [2.24, 2.45) is 5.84 Å². The third-order valence-electron chi connectivity index (χ3n) is 1.94. The fourth-order valence-corrected chi connectivity index (χ4v) is 1.30. The quantitative estimate of drug-likeness (QED) is 0.434. The lowest BCUT2D eigenvalue weighted by Gasteiger charge is -2.07. The lowest BCUT2D eigenvalue weighted by atomic mass is 10.3. The van der Waals surface area contributed by atoms with Gasteiger partial charge in [0.2, 0.25) is 0 Å². The zero-order valence-electron chi connectivity index (χ0n) is 9.20. The second-order valence-corrected chi connectivity index (χ2v) is 3.58. The maximum Gasteiger partial charge on any atom is 0.140 e. The third-order valence-corrected chi connectivity index (χ3v) is 2.29. The number of aromatic nitrogens is 1. The van der Waals surface area contributed by atoms with Crippen LogP contribution in [0.1, 0.15) is 12.1 Å². The summed E-state index contributed by atoms with van der Waals surface area (Å²) in [6.07, 6.45) is 0.850. The molecule has 0 bridgehead atoms. The Kier molecular flexibility index (Phi) is 6.10. The fourth-order valence-electron chi connectivity index (χ4n) is 1.14. The number of nitrogens with two attached hydrogens (primary N) is 1. The van der Waals surface area contributed by atoms with Crippen molar-refractivity contribution < 1.29 is 9.47 Å². The first kappa shape index (κ1) is 13.2. The van der Waals surface area contributed by atoms with Crippen molar-refractivity contribution in [1.29, 1.82) is 0 Å². The number of nitrogens with one attached hydrogen (secondary N) is 1. The molecule has 0 fully saturated rings. The normalized spacial score (nSPS) is 10.4. The Bertz CT molecular complexity index is 323. The van der Waals surface area contributed by atoms with E-state index >= 15 is 0 Å². The molecule has 6 heteroatoms. The molecule has 0 aromatic carbocycles. The molecule has 0 spiro atoms. The third kappa shape index (κ3) is 4.32. The first-order valence-corrected chi connectivity index (χ1v) is 5.34. The van der Waals surface area contributed by atoms with Gasteiger partial charge in [-0.2, -0.15) is 0 Å².